The van der Waals surface area contributed by atoms with Crippen molar-refractivity contribution >= 4 is 0 Å². The van der Waals surface area contributed by atoms with Gasteiger partial charge in [0, 0.05) is 12.2 Å². The number of aryl methyl sites for hydroxylation is 2. The molecule has 0 saturated carbocycles. The maximum Gasteiger partial charge on any atom is 0.130 e. The molecular formula is C13H19N3O. The molecule has 0 aliphatic rings. The molecule has 4 nitrogen and oxygen atoms in total. The molecule has 2 rings (SSSR count). The highest BCUT2D eigenvalue weighted by molar-refractivity contribution is 5.14. The molecule has 0 bridgehead atoms. The highest BCUT2D eigenvalue weighted by atomic mass is 16.3. The van der Waals surface area contributed by atoms with Crippen LogP contribution in [0.2, 0.25) is 0 Å². The molecule has 0 aliphatic carbocycles. The minimum atomic E-state index is -0.0256. The SMILES string of the molecule is CCC(N)C(c1ccc(C)o1)n1cc(C)cn1. The monoisotopic (exact) mass is 233 g/mol. The summed E-state index contributed by atoms with van der Waals surface area (Å²) in [5.41, 5.74) is 7.31. The first-order valence-corrected chi connectivity index (χ1v) is 5.94. The van der Waals surface area contributed by atoms with Crippen LogP contribution in [0.4, 0.5) is 0 Å². The Morgan fingerprint density at radius 2 is 2.18 bits per heavy atom. The molecule has 2 heterocycles. The predicted molar refractivity (Wildman–Crippen MR) is 66.8 cm³/mol. The lowest BCUT2D eigenvalue weighted by atomic mass is 10.0. The Labute approximate surface area is 101 Å². The molecule has 0 fully saturated rings. The molecule has 0 spiro atoms. The molecular weight excluding hydrogens is 214 g/mol. The minimum Gasteiger partial charge on any atom is -0.464 e. The summed E-state index contributed by atoms with van der Waals surface area (Å²) in [5, 5.41) is 4.35. The van der Waals surface area contributed by atoms with Crippen LogP contribution in [-0.4, -0.2) is 15.8 Å². The van der Waals surface area contributed by atoms with Gasteiger partial charge in [0.15, 0.2) is 0 Å². The molecule has 17 heavy (non-hydrogen) atoms. The van der Waals surface area contributed by atoms with Crippen molar-refractivity contribution in [1.29, 1.82) is 0 Å². The van der Waals surface area contributed by atoms with E-state index in [1.54, 1.807) is 0 Å². The molecule has 0 aromatic carbocycles. The van der Waals surface area contributed by atoms with Crippen LogP contribution < -0.4 is 5.73 Å². The average molecular weight is 233 g/mol. The standard InChI is InChI=1S/C13H19N3O/c1-4-11(14)13(12-6-5-10(3)17-12)16-8-9(2)7-15-16/h5-8,11,13H,4,14H2,1-3H3. The van der Waals surface area contributed by atoms with Crippen LogP contribution >= 0.6 is 0 Å². The van der Waals surface area contributed by atoms with E-state index in [-0.39, 0.29) is 12.1 Å². The molecule has 0 amide bonds. The van der Waals surface area contributed by atoms with Gasteiger partial charge in [-0.05, 0) is 38.0 Å². The molecule has 2 atom stereocenters. The fraction of sp³-hybridized carbons (Fsp3) is 0.462. The summed E-state index contributed by atoms with van der Waals surface area (Å²) in [6.07, 6.45) is 4.71. The third kappa shape index (κ3) is 2.42. The molecule has 0 saturated heterocycles. The summed E-state index contributed by atoms with van der Waals surface area (Å²) in [5.74, 6) is 1.78. The molecule has 2 N–H and O–H groups in total. The topological polar surface area (TPSA) is 57.0 Å². The number of rotatable bonds is 4. The van der Waals surface area contributed by atoms with E-state index in [1.807, 2.05) is 43.1 Å². The van der Waals surface area contributed by atoms with Crippen molar-refractivity contribution in [3.8, 4) is 0 Å². The van der Waals surface area contributed by atoms with Crippen molar-refractivity contribution in [2.75, 3.05) is 0 Å². The summed E-state index contributed by atoms with van der Waals surface area (Å²) in [7, 11) is 0. The zero-order valence-electron chi connectivity index (χ0n) is 10.6. The fourth-order valence-corrected chi connectivity index (χ4v) is 1.96. The van der Waals surface area contributed by atoms with E-state index in [0.29, 0.717) is 0 Å². The molecule has 4 heteroatoms. The molecule has 2 aromatic heterocycles. The van der Waals surface area contributed by atoms with E-state index in [0.717, 1.165) is 23.5 Å². The van der Waals surface area contributed by atoms with Gasteiger partial charge in [-0.3, -0.25) is 4.68 Å². The van der Waals surface area contributed by atoms with Gasteiger partial charge in [-0.2, -0.15) is 5.10 Å². The van der Waals surface area contributed by atoms with Gasteiger partial charge in [-0.25, -0.2) is 0 Å². The van der Waals surface area contributed by atoms with Crippen LogP contribution in [0.1, 0.15) is 36.5 Å². The quantitative estimate of drug-likeness (QED) is 0.882. The Morgan fingerprint density at radius 3 is 2.65 bits per heavy atom. The summed E-state index contributed by atoms with van der Waals surface area (Å²) < 4.78 is 7.58. The number of hydrogen-bond acceptors (Lipinski definition) is 3. The van der Waals surface area contributed by atoms with Crippen molar-refractivity contribution in [1.82, 2.24) is 9.78 Å². The lowest BCUT2D eigenvalue weighted by molar-refractivity contribution is 0.345. The normalized spacial score (nSPS) is 14.8. The summed E-state index contributed by atoms with van der Waals surface area (Å²) in [6.45, 7) is 6.03. The van der Waals surface area contributed by atoms with Gasteiger partial charge in [-0.1, -0.05) is 6.92 Å². The number of aromatic nitrogens is 2. The third-order valence-corrected chi connectivity index (χ3v) is 2.95. The molecule has 0 aliphatic heterocycles. The average Bonchev–Trinajstić information content (AvgIpc) is 2.89. The van der Waals surface area contributed by atoms with Gasteiger partial charge in [0.25, 0.3) is 0 Å². The van der Waals surface area contributed by atoms with Gasteiger partial charge in [0.2, 0.25) is 0 Å². The third-order valence-electron chi connectivity index (χ3n) is 2.95. The van der Waals surface area contributed by atoms with E-state index in [1.165, 1.54) is 0 Å². The first-order chi connectivity index (χ1) is 8.11. The van der Waals surface area contributed by atoms with Crippen LogP contribution in [0, 0.1) is 13.8 Å². The Bertz CT molecular complexity index is 446. The molecule has 92 valence electrons. The van der Waals surface area contributed by atoms with Gasteiger partial charge < -0.3 is 10.2 Å². The largest absolute Gasteiger partial charge is 0.464 e. The van der Waals surface area contributed by atoms with Gasteiger partial charge >= 0.3 is 0 Å². The molecule has 0 radical (unpaired) electrons. The second-order valence-corrected chi connectivity index (χ2v) is 4.46. The van der Waals surface area contributed by atoms with Crippen molar-refractivity contribution in [3.63, 3.8) is 0 Å². The van der Waals surface area contributed by atoms with Gasteiger partial charge in [-0.15, -0.1) is 0 Å². The van der Waals surface area contributed by atoms with Crippen LogP contribution in [0.25, 0.3) is 0 Å². The number of nitrogens with zero attached hydrogens (tertiary/aromatic N) is 2. The minimum absolute atomic E-state index is 0.000139. The maximum absolute atomic E-state index is 6.18. The number of nitrogens with two attached hydrogens (primary N) is 1. The van der Waals surface area contributed by atoms with Crippen molar-refractivity contribution in [3.05, 3.63) is 41.6 Å². The predicted octanol–water partition coefficient (Wildman–Crippen LogP) is 2.42. The zero-order valence-corrected chi connectivity index (χ0v) is 10.6. The van der Waals surface area contributed by atoms with E-state index < -0.39 is 0 Å². The van der Waals surface area contributed by atoms with E-state index in [2.05, 4.69) is 12.0 Å². The summed E-state index contributed by atoms with van der Waals surface area (Å²) in [4.78, 5) is 0. The maximum atomic E-state index is 6.18. The highest BCUT2D eigenvalue weighted by Gasteiger charge is 2.24. The van der Waals surface area contributed by atoms with E-state index in [4.69, 9.17) is 10.2 Å². The first kappa shape index (κ1) is 11.9. The Morgan fingerprint density at radius 1 is 1.41 bits per heavy atom. The smallest absolute Gasteiger partial charge is 0.130 e. The highest BCUT2D eigenvalue weighted by Crippen LogP contribution is 2.24. The van der Waals surface area contributed by atoms with Crippen molar-refractivity contribution in [2.24, 2.45) is 5.73 Å². The lowest BCUT2D eigenvalue weighted by Crippen LogP contribution is -2.32. The van der Waals surface area contributed by atoms with Crippen LogP contribution in [0.3, 0.4) is 0 Å². The summed E-state index contributed by atoms with van der Waals surface area (Å²) >= 11 is 0. The summed E-state index contributed by atoms with van der Waals surface area (Å²) in [6, 6.07) is 3.91. The lowest BCUT2D eigenvalue weighted by Gasteiger charge is -2.21. The van der Waals surface area contributed by atoms with E-state index in [9.17, 15) is 0 Å². The van der Waals surface area contributed by atoms with Crippen LogP contribution in [0.5, 0.6) is 0 Å². The number of furan rings is 1. The molecule has 2 unspecified atom stereocenters. The Kier molecular flexibility index (Phi) is 3.33. The fourth-order valence-electron chi connectivity index (χ4n) is 1.96. The van der Waals surface area contributed by atoms with Crippen LogP contribution in [0.15, 0.2) is 28.9 Å². The second-order valence-electron chi connectivity index (χ2n) is 4.46. The first-order valence-electron chi connectivity index (χ1n) is 5.94. The van der Waals surface area contributed by atoms with Gasteiger partial charge in [0.05, 0.1) is 6.20 Å². The Balaban J connectivity index is 2.38. The van der Waals surface area contributed by atoms with E-state index >= 15 is 0 Å². The molecule has 2 aromatic rings. The van der Waals surface area contributed by atoms with Crippen molar-refractivity contribution in [2.45, 2.75) is 39.3 Å². The Hall–Kier alpha value is -1.55. The van der Waals surface area contributed by atoms with Crippen LogP contribution in [-0.2, 0) is 0 Å². The second kappa shape index (κ2) is 4.75. The zero-order chi connectivity index (χ0) is 12.4. The number of hydrogen-bond donors (Lipinski definition) is 1. The van der Waals surface area contributed by atoms with Gasteiger partial charge in [0.1, 0.15) is 17.6 Å². The van der Waals surface area contributed by atoms with Crippen molar-refractivity contribution < 1.29 is 4.42 Å².